The Balaban J connectivity index is 2.63. The molecule has 3 heteroatoms. The van der Waals surface area contributed by atoms with E-state index in [9.17, 15) is 0 Å². The van der Waals surface area contributed by atoms with Crippen LogP contribution < -0.4 is 10.4 Å². The summed E-state index contributed by atoms with van der Waals surface area (Å²) in [5.74, 6) is 0. The van der Waals surface area contributed by atoms with Gasteiger partial charge in [-0.1, -0.05) is 122 Å². The van der Waals surface area contributed by atoms with Crippen molar-refractivity contribution < 1.29 is 4.43 Å². The van der Waals surface area contributed by atoms with E-state index in [1.54, 1.807) is 0 Å². The van der Waals surface area contributed by atoms with E-state index in [0.717, 1.165) is 12.8 Å². The van der Waals surface area contributed by atoms with Crippen molar-refractivity contribution in [3.05, 3.63) is 83.0 Å². The quantitative estimate of drug-likeness (QED) is 0.242. The first-order valence-corrected chi connectivity index (χ1v) is 12.8. The molecule has 0 aliphatic rings. The van der Waals surface area contributed by atoms with Crippen LogP contribution in [0.15, 0.2) is 83.0 Å². The third kappa shape index (κ3) is 5.43. The Bertz CT molecular complexity index is 678. The molecule has 0 aliphatic carbocycles. The SMILES string of the molecule is C/C=C\C[C@@H](C/C=C\I)O[Si](c1ccccc1)(c1ccccc1)C(C)(C)C. The van der Waals surface area contributed by atoms with Crippen LogP contribution in [0.5, 0.6) is 0 Å². The normalized spacial score (nSPS) is 14.1. The van der Waals surface area contributed by atoms with E-state index in [0.29, 0.717) is 0 Å². The predicted molar refractivity (Wildman–Crippen MR) is 130 cm³/mol. The van der Waals surface area contributed by atoms with E-state index in [2.05, 4.69) is 133 Å². The van der Waals surface area contributed by atoms with E-state index in [1.165, 1.54) is 10.4 Å². The van der Waals surface area contributed by atoms with Gasteiger partial charge in [0.1, 0.15) is 0 Å². The van der Waals surface area contributed by atoms with Crippen molar-refractivity contribution in [2.45, 2.75) is 51.7 Å². The molecule has 0 aliphatic heterocycles. The zero-order chi connectivity index (χ0) is 19.8. The average molecular weight is 491 g/mol. The number of allylic oxidation sites excluding steroid dienone is 1. The lowest BCUT2D eigenvalue weighted by Crippen LogP contribution is -2.67. The summed E-state index contributed by atoms with van der Waals surface area (Å²) >= 11 is 2.29. The molecule has 0 unspecified atom stereocenters. The first kappa shape index (κ1) is 22.1. The number of halogens is 1. The molecule has 2 aromatic carbocycles. The summed E-state index contributed by atoms with van der Waals surface area (Å²) in [5.41, 5.74) is 0. The molecule has 0 amide bonds. The maximum Gasteiger partial charge on any atom is 0.261 e. The molecule has 2 rings (SSSR count). The van der Waals surface area contributed by atoms with Crippen molar-refractivity contribution in [2.24, 2.45) is 0 Å². The van der Waals surface area contributed by atoms with Gasteiger partial charge in [0.2, 0.25) is 0 Å². The molecule has 0 fully saturated rings. The molecule has 0 N–H and O–H groups in total. The van der Waals surface area contributed by atoms with Crippen LogP contribution in [0.2, 0.25) is 5.04 Å². The van der Waals surface area contributed by atoms with Crippen LogP contribution in [-0.2, 0) is 4.43 Å². The van der Waals surface area contributed by atoms with Gasteiger partial charge in [0.25, 0.3) is 8.32 Å². The molecular formula is C24H31IOSi. The van der Waals surface area contributed by atoms with Crippen molar-refractivity contribution >= 4 is 41.3 Å². The van der Waals surface area contributed by atoms with E-state index in [-0.39, 0.29) is 11.1 Å². The van der Waals surface area contributed by atoms with E-state index in [4.69, 9.17) is 4.43 Å². The van der Waals surface area contributed by atoms with Gasteiger partial charge in [-0.3, -0.25) is 0 Å². The zero-order valence-corrected chi connectivity index (χ0v) is 20.0. The summed E-state index contributed by atoms with van der Waals surface area (Å²) in [7, 11) is -2.48. The Kier molecular flexibility index (Phi) is 8.51. The second kappa shape index (κ2) is 10.4. The number of hydrogen-bond donors (Lipinski definition) is 0. The minimum Gasteiger partial charge on any atom is -0.404 e. The van der Waals surface area contributed by atoms with E-state index in [1.807, 2.05) is 0 Å². The number of hydrogen-bond acceptors (Lipinski definition) is 1. The van der Waals surface area contributed by atoms with Crippen molar-refractivity contribution in [3.63, 3.8) is 0 Å². The van der Waals surface area contributed by atoms with E-state index < -0.39 is 8.32 Å². The van der Waals surface area contributed by atoms with Crippen LogP contribution >= 0.6 is 22.6 Å². The lowest BCUT2D eigenvalue weighted by Gasteiger charge is -2.45. The summed E-state index contributed by atoms with van der Waals surface area (Å²) in [6.45, 7) is 9.08. The zero-order valence-electron chi connectivity index (χ0n) is 16.9. The molecule has 0 aromatic heterocycles. The average Bonchev–Trinajstić information content (AvgIpc) is 2.68. The smallest absolute Gasteiger partial charge is 0.261 e. The van der Waals surface area contributed by atoms with Gasteiger partial charge in [-0.2, -0.15) is 0 Å². The van der Waals surface area contributed by atoms with Crippen molar-refractivity contribution in [3.8, 4) is 0 Å². The molecular weight excluding hydrogens is 459 g/mol. The van der Waals surface area contributed by atoms with Gasteiger partial charge in [0.15, 0.2) is 0 Å². The Hall–Kier alpha value is -1.17. The van der Waals surface area contributed by atoms with Crippen molar-refractivity contribution in [2.75, 3.05) is 0 Å². The highest BCUT2D eigenvalue weighted by atomic mass is 127. The van der Waals surface area contributed by atoms with Gasteiger partial charge in [0.05, 0.1) is 6.10 Å². The first-order chi connectivity index (χ1) is 13.0. The number of benzene rings is 2. The summed E-state index contributed by atoms with van der Waals surface area (Å²) in [5, 5.41) is 2.69. The van der Waals surface area contributed by atoms with Gasteiger partial charge >= 0.3 is 0 Å². The maximum atomic E-state index is 7.21. The molecule has 0 spiro atoms. The maximum absolute atomic E-state index is 7.21. The van der Waals surface area contributed by atoms with Gasteiger partial charge in [0, 0.05) is 0 Å². The molecule has 2 aromatic rings. The summed E-state index contributed by atoms with van der Waals surface area (Å²) in [6.07, 6.45) is 8.59. The molecule has 144 valence electrons. The van der Waals surface area contributed by atoms with Gasteiger partial charge in [-0.15, -0.1) is 0 Å². The topological polar surface area (TPSA) is 9.23 Å². The highest BCUT2D eigenvalue weighted by molar-refractivity contribution is 14.1. The Morgan fingerprint density at radius 2 is 1.37 bits per heavy atom. The molecule has 0 radical (unpaired) electrons. The first-order valence-electron chi connectivity index (χ1n) is 9.61. The largest absolute Gasteiger partial charge is 0.404 e. The molecule has 0 heterocycles. The van der Waals surface area contributed by atoms with Crippen LogP contribution in [-0.4, -0.2) is 14.4 Å². The van der Waals surface area contributed by atoms with Crippen LogP contribution in [0.4, 0.5) is 0 Å². The minimum atomic E-state index is -2.48. The van der Waals surface area contributed by atoms with E-state index >= 15 is 0 Å². The monoisotopic (exact) mass is 490 g/mol. The standard InChI is InChI=1S/C24H31IOSi/c1-5-6-14-21(15-13-20-25)26-27(24(2,3)4,22-16-9-7-10-17-22)23-18-11-8-12-19-23/h5-13,16-21H,14-15H2,1-4H3/b6-5-,20-13-/t21-/m0/s1. The molecule has 0 saturated heterocycles. The van der Waals surface area contributed by atoms with Gasteiger partial charge in [-0.25, -0.2) is 0 Å². The second-order valence-electron chi connectivity index (χ2n) is 7.81. The fourth-order valence-electron chi connectivity index (χ4n) is 3.62. The third-order valence-corrected chi connectivity index (χ3v) is 10.5. The Morgan fingerprint density at radius 3 is 1.78 bits per heavy atom. The lowest BCUT2D eigenvalue weighted by atomic mass is 10.2. The summed E-state index contributed by atoms with van der Waals surface area (Å²) in [4.78, 5) is 0. The minimum absolute atomic E-state index is 0.0118. The van der Waals surface area contributed by atoms with Crippen LogP contribution in [0.3, 0.4) is 0 Å². The molecule has 0 saturated carbocycles. The highest BCUT2D eigenvalue weighted by Crippen LogP contribution is 2.38. The van der Waals surface area contributed by atoms with Crippen LogP contribution in [0.25, 0.3) is 0 Å². The van der Waals surface area contributed by atoms with Gasteiger partial charge < -0.3 is 4.43 Å². The summed E-state index contributed by atoms with van der Waals surface area (Å²) in [6, 6.07) is 21.8. The fraction of sp³-hybridized carbons (Fsp3) is 0.333. The molecule has 27 heavy (non-hydrogen) atoms. The van der Waals surface area contributed by atoms with Crippen LogP contribution in [0.1, 0.15) is 40.5 Å². The molecule has 1 atom stereocenters. The van der Waals surface area contributed by atoms with Gasteiger partial charge in [-0.05, 0) is 39.3 Å². The molecule has 1 nitrogen and oxygen atoms in total. The predicted octanol–water partition coefficient (Wildman–Crippen LogP) is 6.24. The lowest BCUT2D eigenvalue weighted by molar-refractivity contribution is 0.193. The van der Waals surface area contributed by atoms with Crippen LogP contribution in [0, 0.1) is 0 Å². The Morgan fingerprint density at radius 1 is 0.889 bits per heavy atom. The molecule has 0 bridgehead atoms. The Labute approximate surface area is 179 Å². The van der Waals surface area contributed by atoms with Crippen molar-refractivity contribution in [1.82, 2.24) is 0 Å². The highest BCUT2D eigenvalue weighted by Gasteiger charge is 2.51. The number of rotatable bonds is 8. The third-order valence-electron chi connectivity index (χ3n) is 4.88. The van der Waals surface area contributed by atoms with Crippen molar-refractivity contribution in [1.29, 1.82) is 0 Å². The second-order valence-corrected chi connectivity index (χ2v) is 12.8. The summed E-state index contributed by atoms with van der Waals surface area (Å²) < 4.78 is 9.30. The fourth-order valence-corrected chi connectivity index (χ4v) is 8.63.